The van der Waals surface area contributed by atoms with Crippen LogP contribution in [0.15, 0.2) is 71.0 Å². The Hall–Kier alpha value is -3.39. The molecule has 0 atom stereocenters. The Kier molecular flexibility index (Phi) is 4.40. The van der Waals surface area contributed by atoms with Gasteiger partial charge in [-0.2, -0.15) is 0 Å². The van der Waals surface area contributed by atoms with Crippen molar-refractivity contribution >= 4 is 34.3 Å². The van der Waals surface area contributed by atoms with E-state index in [2.05, 4.69) is 19.9 Å². The van der Waals surface area contributed by atoms with Crippen LogP contribution < -0.4 is 10.9 Å². The highest BCUT2D eigenvalue weighted by molar-refractivity contribution is 7.99. The number of nitrogens with zero attached hydrogens (tertiary/aromatic N) is 4. The number of aromatic nitrogens is 4. The van der Waals surface area contributed by atoms with Gasteiger partial charge in [0.1, 0.15) is 6.54 Å². The van der Waals surface area contributed by atoms with Crippen molar-refractivity contribution in [2.45, 2.75) is 18.2 Å². The number of hydrogen-bond donors (Lipinski definition) is 1. The number of para-hydroxylation sites is 1. The Morgan fingerprint density at radius 1 is 1.17 bits per heavy atom. The van der Waals surface area contributed by atoms with Crippen LogP contribution in [0.25, 0.3) is 22.2 Å². The third kappa shape index (κ3) is 3.42. The molecule has 7 nitrogen and oxygen atoms in total. The number of aryl methyl sites for hydroxylation is 1. The van der Waals surface area contributed by atoms with Crippen LogP contribution >= 0.6 is 11.8 Å². The highest BCUT2D eigenvalue weighted by Gasteiger charge is 2.15. The average molecular weight is 403 g/mol. The minimum Gasteiger partial charge on any atom is -0.325 e. The molecule has 4 aromatic rings. The highest BCUT2D eigenvalue weighted by Crippen LogP contribution is 2.29. The molecule has 0 aliphatic carbocycles. The summed E-state index contributed by atoms with van der Waals surface area (Å²) in [5.74, 6) is 0.769. The lowest BCUT2D eigenvalue weighted by atomic mass is 10.1. The third-order valence-corrected chi connectivity index (χ3v) is 5.76. The van der Waals surface area contributed by atoms with Crippen molar-refractivity contribution in [2.24, 2.45) is 0 Å². The molecule has 2 aromatic heterocycles. The van der Waals surface area contributed by atoms with E-state index in [1.807, 2.05) is 36.5 Å². The number of amides is 1. The lowest BCUT2D eigenvalue weighted by Crippen LogP contribution is -2.27. The second kappa shape index (κ2) is 7.21. The fourth-order valence-corrected chi connectivity index (χ4v) is 4.32. The molecule has 8 heteroatoms. The monoisotopic (exact) mass is 403 g/mol. The lowest BCUT2D eigenvalue weighted by molar-refractivity contribution is -0.116. The quantitative estimate of drug-likeness (QED) is 0.566. The molecule has 0 bridgehead atoms. The molecule has 144 valence electrons. The number of rotatable bonds is 4. The number of imidazole rings is 1. The molecule has 0 spiro atoms. The van der Waals surface area contributed by atoms with Gasteiger partial charge in [-0.1, -0.05) is 36.0 Å². The fraction of sp³-hybridized carbons (Fsp3) is 0.143. The van der Waals surface area contributed by atoms with Crippen molar-refractivity contribution in [1.29, 1.82) is 0 Å². The molecule has 1 N–H and O–H groups in total. The van der Waals surface area contributed by atoms with Crippen LogP contribution in [0.4, 0.5) is 5.69 Å². The van der Waals surface area contributed by atoms with Gasteiger partial charge in [-0.15, -0.1) is 0 Å². The predicted octanol–water partition coefficient (Wildman–Crippen LogP) is 3.00. The molecule has 5 rings (SSSR count). The molecule has 0 saturated heterocycles. The first kappa shape index (κ1) is 17.7. The molecule has 29 heavy (non-hydrogen) atoms. The summed E-state index contributed by atoms with van der Waals surface area (Å²) in [6.07, 6.45) is 3.45. The molecule has 0 radical (unpaired) electrons. The highest BCUT2D eigenvalue weighted by atomic mass is 32.2. The van der Waals surface area contributed by atoms with Crippen LogP contribution in [0.2, 0.25) is 0 Å². The number of nitrogens with one attached hydrogen (secondary N) is 1. The minimum absolute atomic E-state index is 0.101. The summed E-state index contributed by atoms with van der Waals surface area (Å²) in [6, 6.07) is 14.7. The Balaban J connectivity index is 1.35. The maximum Gasteiger partial charge on any atom is 0.261 e. The summed E-state index contributed by atoms with van der Waals surface area (Å²) in [5.41, 5.74) is 2.87. The zero-order chi connectivity index (χ0) is 19.8. The Labute approximate surface area is 170 Å². The van der Waals surface area contributed by atoms with Gasteiger partial charge in [0.05, 0.1) is 22.9 Å². The van der Waals surface area contributed by atoms with E-state index < -0.39 is 0 Å². The second-order valence-electron chi connectivity index (χ2n) is 6.77. The minimum atomic E-state index is -0.288. The molecule has 0 fully saturated rings. The Bertz CT molecular complexity index is 1270. The maximum absolute atomic E-state index is 12.6. The second-order valence-corrected chi connectivity index (χ2v) is 7.84. The number of thioether (sulfide) groups is 1. The van der Waals surface area contributed by atoms with Gasteiger partial charge in [-0.25, -0.2) is 9.97 Å². The zero-order valence-corrected chi connectivity index (χ0v) is 16.2. The predicted molar refractivity (Wildman–Crippen MR) is 113 cm³/mol. The summed E-state index contributed by atoms with van der Waals surface area (Å²) in [6.45, 7) is 0.869. The number of benzene rings is 2. The van der Waals surface area contributed by atoms with E-state index in [9.17, 15) is 9.59 Å². The standard InChI is InChI=1S/C21H17N5O2S/c27-19(12-26-13-22-17-7-2-1-6-16(17)20(26)28)23-15-5-3-4-14(10-15)18-11-25-8-9-29-21(25)24-18/h1-7,10-11,13H,8-9,12H2,(H,23,27). The van der Waals surface area contributed by atoms with E-state index in [0.717, 1.165) is 28.7 Å². The van der Waals surface area contributed by atoms with Crippen LogP contribution in [0.1, 0.15) is 0 Å². The Morgan fingerprint density at radius 2 is 2.07 bits per heavy atom. The smallest absolute Gasteiger partial charge is 0.261 e. The first-order valence-electron chi connectivity index (χ1n) is 9.22. The largest absolute Gasteiger partial charge is 0.325 e. The van der Waals surface area contributed by atoms with Gasteiger partial charge in [-0.3, -0.25) is 14.2 Å². The molecule has 2 aromatic carbocycles. The number of fused-ring (bicyclic) bond motifs is 2. The number of anilines is 1. The normalized spacial score (nSPS) is 12.8. The van der Waals surface area contributed by atoms with Crippen molar-refractivity contribution < 1.29 is 4.79 Å². The molecule has 1 aliphatic rings. The topological polar surface area (TPSA) is 81.8 Å². The van der Waals surface area contributed by atoms with Gasteiger partial charge in [0.25, 0.3) is 5.56 Å². The van der Waals surface area contributed by atoms with Crippen LogP contribution in [-0.4, -0.2) is 30.8 Å². The summed E-state index contributed by atoms with van der Waals surface area (Å²) < 4.78 is 3.46. The number of hydrogen-bond acceptors (Lipinski definition) is 5. The molecular formula is C21H17N5O2S. The molecule has 3 heterocycles. The van der Waals surface area contributed by atoms with Crippen molar-refractivity contribution in [3.63, 3.8) is 0 Å². The summed E-state index contributed by atoms with van der Waals surface area (Å²) >= 11 is 1.75. The van der Waals surface area contributed by atoms with Gasteiger partial charge in [0.15, 0.2) is 5.16 Å². The van der Waals surface area contributed by atoms with Crippen LogP contribution in [-0.2, 0) is 17.9 Å². The Morgan fingerprint density at radius 3 is 2.97 bits per heavy atom. The van der Waals surface area contributed by atoms with Crippen molar-refractivity contribution in [3.05, 3.63) is 71.4 Å². The SMILES string of the molecule is O=C(Cn1cnc2ccccc2c1=O)Nc1cccc(-c2cn3c(n2)SCC3)c1. The van der Waals surface area contributed by atoms with Crippen LogP contribution in [0.3, 0.4) is 0 Å². The number of carbonyl (C=O) groups is 1. The molecule has 0 saturated carbocycles. The molecular weight excluding hydrogens is 386 g/mol. The molecule has 1 aliphatic heterocycles. The lowest BCUT2D eigenvalue weighted by Gasteiger charge is -2.09. The summed E-state index contributed by atoms with van der Waals surface area (Å²) in [7, 11) is 0. The van der Waals surface area contributed by atoms with E-state index in [-0.39, 0.29) is 18.0 Å². The van der Waals surface area contributed by atoms with Crippen LogP contribution in [0.5, 0.6) is 0 Å². The maximum atomic E-state index is 12.6. The van der Waals surface area contributed by atoms with E-state index in [4.69, 9.17) is 0 Å². The van der Waals surface area contributed by atoms with Gasteiger partial charge in [-0.05, 0) is 24.3 Å². The van der Waals surface area contributed by atoms with Gasteiger partial charge in [0, 0.05) is 29.7 Å². The first-order chi connectivity index (χ1) is 14.2. The molecule has 0 unspecified atom stereocenters. The van der Waals surface area contributed by atoms with E-state index in [1.54, 1.807) is 30.0 Å². The fourth-order valence-electron chi connectivity index (χ4n) is 3.38. The third-order valence-electron chi connectivity index (χ3n) is 4.79. The van der Waals surface area contributed by atoms with Gasteiger partial charge < -0.3 is 9.88 Å². The number of carbonyl (C=O) groups excluding carboxylic acids is 1. The van der Waals surface area contributed by atoms with E-state index >= 15 is 0 Å². The molecule has 1 amide bonds. The van der Waals surface area contributed by atoms with Gasteiger partial charge >= 0.3 is 0 Å². The summed E-state index contributed by atoms with van der Waals surface area (Å²) in [5, 5.41) is 4.38. The zero-order valence-electron chi connectivity index (χ0n) is 15.4. The summed E-state index contributed by atoms with van der Waals surface area (Å²) in [4.78, 5) is 34.0. The van der Waals surface area contributed by atoms with Crippen molar-refractivity contribution in [3.8, 4) is 11.3 Å². The van der Waals surface area contributed by atoms with E-state index in [1.165, 1.54) is 10.9 Å². The first-order valence-corrected chi connectivity index (χ1v) is 10.2. The van der Waals surface area contributed by atoms with Crippen LogP contribution in [0, 0.1) is 0 Å². The van der Waals surface area contributed by atoms with E-state index in [0.29, 0.717) is 16.6 Å². The van der Waals surface area contributed by atoms with Crippen molar-refractivity contribution in [2.75, 3.05) is 11.1 Å². The van der Waals surface area contributed by atoms with Crippen molar-refractivity contribution in [1.82, 2.24) is 19.1 Å². The van der Waals surface area contributed by atoms with Gasteiger partial charge in [0.2, 0.25) is 5.91 Å². The average Bonchev–Trinajstić information content (AvgIpc) is 3.33.